The molecule has 1 atom stereocenters. The molecule has 8 heteroatoms. The van der Waals surface area contributed by atoms with Gasteiger partial charge in [0.2, 0.25) is 5.91 Å². The van der Waals surface area contributed by atoms with Crippen molar-refractivity contribution in [2.24, 2.45) is 5.92 Å². The fourth-order valence-corrected chi connectivity index (χ4v) is 6.49. The van der Waals surface area contributed by atoms with E-state index in [0.29, 0.717) is 6.54 Å². The van der Waals surface area contributed by atoms with Crippen molar-refractivity contribution in [3.8, 4) is 5.75 Å². The van der Waals surface area contributed by atoms with Crippen LogP contribution in [0.5, 0.6) is 5.75 Å². The predicted molar refractivity (Wildman–Crippen MR) is 123 cm³/mol. The summed E-state index contributed by atoms with van der Waals surface area (Å²) in [7, 11) is 1.67. The molecule has 3 aromatic rings. The van der Waals surface area contributed by atoms with Gasteiger partial charge in [-0.3, -0.25) is 9.69 Å². The number of carbonyl (C=O) groups excluding carboxylic acids is 1. The van der Waals surface area contributed by atoms with Gasteiger partial charge in [-0.05, 0) is 30.5 Å². The molecule has 6 rings (SSSR count). The second-order valence-electron chi connectivity index (χ2n) is 9.47. The average molecular weight is 453 g/mol. The molecule has 7 nitrogen and oxygen atoms in total. The number of thiazole rings is 1. The maximum absolute atomic E-state index is 13.4. The van der Waals surface area contributed by atoms with Crippen molar-refractivity contribution < 1.29 is 14.6 Å². The van der Waals surface area contributed by atoms with Gasteiger partial charge in [0, 0.05) is 65.2 Å². The first-order valence-corrected chi connectivity index (χ1v) is 12.2. The molecular formula is C24H28N4O3S. The summed E-state index contributed by atoms with van der Waals surface area (Å²) in [6.07, 6.45) is 4.91. The Kier molecular flexibility index (Phi) is 4.78. The first-order valence-electron chi connectivity index (χ1n) is 11.3. The molecule has 0 bridgehead atoms. The van der Waals surface area contributed by atoms with Crippen LogP contribution in [-0.2, 0) is 16.8 Å². The fourth-order valence-electron chi connectivity index (χ4n) is 5.83. The van der Waals surface area contributed by atoms with E-state index in [1.165, 1.54) is 10.9 Å². The minimum atomic E-state index is -0.324. The molecule has 1 spiro atoms. The van der Waals surface area contributed by atoms with E-state index in [2.05, 4.69) is 20.9 Å². The Labute approximate surface area is 191 Å². The summed E-state index contributed by atoms with van der Waals surface area (Å²) in [4.78, 5) is 25.8. The smallest absolute Gasteiger partial charge is 0.226 e. The second-order valence-corrected chi connectivity index (χ2v) is 10.4. The lowest BCUT2D eigenvalue weighted by Crippen LogP contribution is -2.67. The molecule has 1 saturated heterocycles. The van der Waals surface area contributed by atoms with Gasteiger partial charge in [0.15, 0.2) is 0 Å². The Morgan fingerprint density at radius 3 is 2.84 bits per heavy atom. The maximum Gasteiger partial charge on any atom is 0.226 e. The highest BCUT2D eigenvalue weighted by molar-refractivity contribution is 7.09. The topological polar surface area (TPSA) is 81.7 Å². The molecule has 2 aromatic heterocycles. The SMILES string of the molecule is COc1ccc2c3c([nH]c2c1)[C@H](CO)N(C(=O)C1CCC1)CC31CN(Cc2nccs2)C1. The van der Waals surface area contributed by atoms with Gasteiger partial charge >= 0.3 is 0 Å². The number of fused-ring (bicyclic) bond motifs is 4. The Bertz CT molecular complexity index is 1150. The molecule has 3 aliphatic rings. The van der Waals surface area contributed by atoms with Crippen molar-refractivity contribution >= 4 is 28.1 Å². The van der Waals surface area contributed by atoms with Crippen molar-refractivity contribution in [1.29, 1.82) is 0 Å². The summed E-state index contributed by atoms with van der Waals surface area (Å²) in [5.41, 5.74) is 3.12. The van der Waals surface area contributed by atoms with Gasteiger partial charge in [0.1, 0.15) is 10.8 Å². The summed E-state index contributed by atoms with van der Waals surface area (Å²) in [5, 5.41) is 14.7. The maximum atomic E-state index is 13.4. The van der Waals surface area contributed by atoms with E-state index >= 15 is 0 Å². The van der Waals surface area contributed by atoms with E-state index in [1.807, 2.05) is 28.6 Å². The number of aromatic nitrogens is 2. The highest BCUT2D eigenvalue weighted by atomic mass is 32.1. The van der Waals surface area contributed by atoms with E-state index < -0.39 is 0 Å². The van der Waals surface area contributed by atoms with Gasteiger partial charge in [-0.2, -0.15) is 0 Å². The molecule has 1 aliphatic carbocycles. The van der Waals surface area contributed by atoms with Crippen LogP contribution in [-0.4, -0.2) is 64.1 Å². The van der Waals surface area contributed by atoms with Crippen LogP contribution in [0.1, 0.15) is 41.6 Å². The number of aliphatic hydroxyl groups excluding tert-OH is 1. The van der Waals surface area contributed by atoms with Gasteiger partial charge < -0.3 is 19.7 Å². The third-order valence-corrected chi connectivity index (χ3v) is 8.32. The number of likely N-dealkylation sites (tertiary alicyclic amines) is 1. The van der Waals surface area contributed by atoms with Crippen molar-refractivity contribution in [2.75, 3.05) is 33.4 Å². The molecule has 1 saturated carbocycles. The van der Waals surface area contributed by atoms with Crippen LogP contribution >= 0.6 is 11.3 Å². The number of hydrogen-bond acceptors (Lipinski definition) is 6. The van der Waals surface area contributed by atoms with Crippen LogP contribution in [0.3, 0.4) is 0 Å². The average Bonchev–Trinajstić information content (AvgIpc) is 3.38. The minimum absolute atomic E-state index is 0.0751. The van der Waals surface area contributed by atoms with Crippen LogP contribution in [0, 0.1) is 5.92 Å². The second kappa shape index (κ2) is 7.57. The van der Waals surface area contributed by atoms with Crippen LogP contribution in [0.4, 0.5) is 0 Å². The summed E-state index contributed by atoms with van der Waals surface area (Å²) in [6.45, 7) is 3.18. The number of hydrogen-bond donors (Lipinski definition) is 2. The van der Waals surface area contributed by atoms with E-state index in [-0.39, 0.29) is 29.9 Å². The number of rotatable bonds is 5. The lowest BCUT2D eigenvalue weighted by molar-refractivity contribution is -0.146. The van der Waals surface area contributed by atoms with E-state index in [4.69, 9.17) is 4.74 Å². The first-order chi connectivity index (χ1) is 15.6. The van der Waals surface area contributed by atoms with Gasteiger partial charge in [-0.15, -0.1) is 11.3 Å². The number of aliphatic hydroxyl groups is 1. The monoisotopic (exact) mass is 452 g/mol. The van der Waals surface area contributed by atoms with Crippen LogP contribution < -0.4 is 4.74 Å². The zero-order valence-corrected chi connectivity index (χ0v) is 19.0. The van der Waals surface area contributed by atoms with Crippen LogP contribution in [0.15, 0.2) is 29.8 Å². The van der Waals surface area contributed by atoms with E-state index in [1.54, 1.807) is 18.4 Å². The predicted octanol–water partition coefficient (Wildman–Crippen LogP) is 3.06. The molecule has 1 aromatic carbocycles. The van der Waals surface area contributed by atoms with Crippen LogP contribution in [0.25, 0.3) is 10.9 Å². The third kappa shape index (κ3) is 3.00. The number of aromatic amines is 1. The van der Waals surface area contributed by atoms with Crippen molar-refractivity contribution in [1.82, 2.24) is 19.8 Å². The number of carbonyl (C=O) groups is 1. The zero-order chi connectivity index (χ0) is 21.9. The quantitative estimate of drug-likeness (QED) is 0.622. The Balaban J connectivity index is 1.41. The largest absolute Gasteiger partial charge is 0.497 e. The summed E-state index contributed by atoms with van der Waals surface area (Å²) < 4.78 is 5.44. The highest BCUT2D eigenvalue weighted by Gasteiger charge is 2.54. The van der Waals surface area contributed by atoms with E-state index in [9.17, 15) is 9.90 Å². The van der Waals surface area contributed by atoms with Crippen molar-refractivity contribution in [3.05, 3.63) is 46.0 Å². The molecule has 168 valence electrons. The lowest BCUT2D eigenvalue weighted by Gasteiger charge is -2.56. The Hall–Kier alpha value is -2.42. The van der Waals surface area contributed by atoms with Gasteiger partial charge in [0.25, 0.3) is 0 Å². The molecule has 4 heterocycles. The molecule has 2 aliphatic heterocycles. The van der Waals surface area contributed by atoms with Crippen molar-refractivity contribution in [2.45, 2.75) is 37.3 Å². The molecule has 0 radical (unpaired) electrons. The molecule has 0 unspecified atom stereocenters. The molecular weight excluding hydrogens is 424 g/mol. The van der Waals surface area contributed by atoms with Gasteiger partial charge in [0.05, 0.1) is 26.3 Å². The number of amides is 1. The lowest BCUT2D eigenvalue weighted by atomic mass is 9.68. The normalized spacial score (nSPS) is 22.6. The summed E-state index contributed by atoms with van der Waals surface area (Å²) in [5.74, 6) is 1.11. The number of ether oxygens (including phenoxy) is 1. The fraction of sp³-hybridized carbons (Fsp3) is 0.500. The Morgan fingerprint density at radius 2 is 2.19 bits per heavy atom. The zero-order valence-electron chi connectivity index (χ0n) is 18.2. The first kappa shape index (κ1) is 20.2. The summed E-state index contributed by atoms with van der Waals surface area (Å²) in [6, 6.07) is 5.80. The highest BCUT2D eigenvalue weighted by Crippen LogP contribution is 2.49. The number of methoxy groups -OCH3 is 1. The minimum Gasteiger partial charge on any atom is -0.497 e. The number of benzene rings is 1. The third-order valence-electron chi connectivity index (χ3n) is 7.55. The standard InChI is InChI=1S/C24H28N4O3S/c1-31-16-5-6-17-18(9-16)26-22-19(11-29)28(23(30)15-3-2-4-15)14-24(21(17)22)12-27(13-24)10-20-25-7-8-32-20/h5-9,15,19,26,29H,2-4,10-14H2,1H3/t19-/m0/s1. The van der Waals surface area contributed by atoms with Crippen LogP contribution in [0.2, 0.25) is 0 Å². The Morgan fingerprint density at radius 1 is 1.34 bits per heavy atom. The van der Waals surface area contributed by atoms with Gasteiger partial charge in [-0.25, -0.2) is 4.98 Å². The molecule has 2 fully saturated rings. The number of H-pyrrole nitrogens is 1. The molecule has 2 N–H and O–H groups in total. The number of nitrogens with zero attached hydrogens (tertiary/aromatic N) is 3. The van der Waals surface area contributed by atoms with E-state index in [0.717, 1.165) is 60.9 Å². The molecule has 1 amide bonds. The van der Waals surface area contributed by atoms with Crippen molar-refractivity contribution in [3.63, 3.8) is 0 Å². The van der Waals surface area contributed by atoms with Gasteiger partial charge in [-0.1, -0.05) is 6.42 Å². The molecule has 32 heavy (non-hydrogen) atoms. The number of nitrogens with one attached hydrogen (secondary N) is 1. The summed E-state index contributed by atoms with van der Waals surface area (Å²) >= 11 is 1.68.